The van der Waals surface area contributed by atoms with Crippen molar-refractivity contribution in [1.82, 2.24) is 4.90 Å². The summed E-state index contributed by atoms with van der Waals surface area (Å²) in [6.07, 6.45) is -0.417. The Balaban J connectivity index is 2.38. The highest BCUT2D eigenvalue weighted by Gasteiger charge is 2.23. The fourth-order valence-corrected chi connectivity index (χ4v) is 1.97. The average molecular weight is 225 g/mol. The van der Waals surface area contributed by atoms with Crippen molar-refractivity contribution in [3.63, 3.8) is 0 Å². The Morgan fingerprint density at radius 3 is 2.94 bits per heavy atom. The maximum absolute atomic E-state index is 13.2. The lowest BCUT2D eigenvalue weighted by Gasteiger charge is -2.27. The van der Waals surface area contributed by atoms with Gasteiger partial charge in [-0.25, -0.2) is 9.18 Å². The molecule has 0 unspecified atom stereocenters. The highest BCUT2D eigenvalue weighted by Crippen LogP contribution is 2.29. The SMILES string of the molecule is COc1cc(F)cc2c1CCN(C(=O)O)C2. The van der Waals surface area contributed by atoms with Crippen LogP contribution in [0, 0.1) is 5.82 Å². The maximum atomic E-state index is 13.2. The number of nitrogens with zero attached hydrogens (tertiary/aromatic N) is 1. The predicted octanol–water partition coefficient (Wildman–Crippen LogP) is 1.87. The smallest absolute Gasteiger partial charge is 0.407 e. The molecule has 1 aromatic carbocycles. The molecule has 2 rings (SSSR count). The van der Waals surface area contributed by atoms with Crippen LogP contribution in [0.2, 0.25) is 0 Å². The number of fused-ring (bicyclic) bond motifs is 1. The monoisotopic (exact) mass is 225 g/mol. The molecule has 0 atom stereocenters. The van der Waals surface area contributed by atoms with E-state index in [9.17, 15) is 9.18 Å². The van der Waals surface area contributed by atoms with Crippen LogP contribution >= 0.6 is 0 Å². The lowest BCUT2D eigenvalue weighted by molar-refractivity contribution is 0.139. The zero-order valence-corrected chi connectivity index (χ0v) is 8.86. The van der Waals surface area contributed by atoms with Crippen molar-refractivity contribution in [1.29, 1.82) is 0 Å². The van der Waals surface area contributed by atoms with Gasteiger partial charge in [0, 0.05) is 24.7 Å². The number of ether oxygens (including phenoxy) is 1. The molecule has 1 aromatic rings. The first-order valence-electron chi connectivity index (χ1n) is 4.95. The van der Waals surface area contributed by atoms with E-state index in [-0.39, 0.29) is 6.54 Å². The molecule has 5 heteroatoms. The number of hydrogen-bond acceptors (Lipinski definition) is 2. The Kier molecular flexibility index (Phi) is 2.68. The molecule has 0 saturated carbocycles. The van der Waals surface area contributed by atoms with Crippen molar-refractivity contribution < 1.29 is 19.0 Å². The molecular weight excluding hydrogens is 213 g/mol. The normalized spacial score (nSPS) is 14.5. The maximum Gasteiger partial charge on any atom is 0.407 e. The highest BCUT2D eigenvalue weighted by atomic mass is 19.1. The summed E-state index contributed by atoms with van der Waals surface area (Å²) < 4.78 is 18.3. The van der Waals surface area contributed by atoms with Crippen LogP contribution in [0.1, 0.15) is 11.1 Å². The third-order valence-electron chi connectivity index (χ3n) is 2.75. The van der Waals surface area contributed by atoms with E-state index >= 15 is 0 Å². The molecule has 1 heterocycles. The van der Waals surface area contributed by atoms with Crippen LogP contribution in [-0.4, -0.2) is 29.8 Å². The molecule has 1 aliphatic heterocycles. The van der Waals surface area contributed by atoms with E-state index in [0.717, 1.165) is 5.56 Å². The summed E-state index contributed by atoms with van der Waals surface area (Å²) >= 11 is 0. The first-order chi connectivity index (χ1) is 7.61. The van der Waals surface area contributed by atoms with Gasteiger partial charge < -0.3 is 14.7 Å². The second-order valence-electron chi connectivity index (χ2n) is 3.70. The van der Waals surface area contributed by atoms with Crippen molar-refractivity contribution in [3.8, 4) is 5.75 Å². The Labute approximate surface area is 92.2 Å². The molecule has 0 saturated heterocycles. The van der Waals surface area contributed by atoms with Crippen LogP contribution in [-0.2, 0) is 13.0 Å². The topological polar surface area (TPSA) is 49.8 Å². The van der Waals surface area contributed by atoms with Gasteiger partial charge in [-0.1, -0.05) is 0 Å². The summed E-state index contributed by atoms with van der Waals surface area (Å²) in [4.78, 5) is 12.1. The molecular formula is C11H12FNO3. The van der Waals surface area contributed by atoms with Gasteiger partial charge in [-0.05, 0) is 18.1 Å². The fraction of sp³-hybridized carbons (Fsp3) is 0.364. The van der Waals surface area contributed by atoms with Crippen LogP contribution in [0.15, 0.2) is 12.1 Å². The van der Waals surface area contributed by atoms with Crippen LogP contribution in [0.5, 0.6) is 5.75 Å². The number of halogens is 1. The molecule has 0 bridgehead atoms. The number of rotatable bonds is 1. The van der Waals surface area contributed by atoms with Gasteiger partial charge in [0.15, 0.2) is 0 Å². The number of carbonyl (C=O) groups is 1. The zero-order chi connectivity index (χ0) is 11.7. The summed E-state index contributed by atoms with van der Waals surface area (Å²) in [5.74, 6) is 0.0999. The molecule has 0 aliphatic carbocycles. The van der Waals surface area contributed by atoms with Crippen molar-refractivity contribution in [2.75, 3.05) is 13.7 Å². The van der Waals surface area contributed by atoms with Crippen molar-refractivity contribution in [2.45, 2.75) is 13.0 Å². The quantitative estimate of drug-likeness (QED) is 0.793. The Bertz CT molecular complexity index is 433. The number of benzene rings is 1. The minimum atomic E-state index is -0.978. The van der Waals surface area contributed by atoms with Crippen molar-refractivity contribution in [3.05, 3.63) is 29.1 Å². The van der Waals surface area contributed by atoms with Crippen LogP contribution in [0.3, 0.4) is 0 Å². The molecule has 0 spiro atoms. The van der Waals surface area contributed by atoms with Gasteiger partial charge in [0.25, 0.3) is 0 Å². The third-order valence-corrected chi connectivity index (χ3v) is 2.75. The van der Waals surface area contributed by atoms with Crippen molar-refractivity contribution in [2.24, 2.45) is 0 Å². The molecule has 0 radical (unpaired) electrons. The first kappa shape index (κ1) is 10.7. The largest absolute Gasteiger partial charge is 0.496 e. The van der Waals surface area contributed by atoms with Crippen LogP contribution in [0.25, 0.3) is 0 Å². The van der Waals surface area contributed by atoms with E-state index in [1.165, 1.54) is 24.1 Å². The van der Waals surface area contributed by atoms with Crippen LogP contribution < -0.4 is 4.74 Å². The number of hydrogen-bond donors (Lipinski definition) is 1. The molecule has 0 fully saturated rings. The zero-order valence-electron chi connectivity index (χ0n) is 8.86. The molecule has 1 aliphatic rings. The molecule has 0 aromatic heterocycles. The third kappa shape index (κ3) is 1.80. The Morgan fingerprint density at radius 1 is 1.56 bits per heavy atom. The van der Waals surface area contributed by atoms with E-state index in [1.54, 1.807) is 0 Å². The Morgan fingerprint density at radius 2 is 2.31 bits per heavy atom. The molecule has 86 valence electrons. The number of methoxy groups -OCH3 is 1. The minimum absolute atomic E-state index is 0.221. The second kappa shape index (κ2) is 4.00. The molecule has 4 nitrogen and oxygen atoms in total. The van der Waals surface area contributed by atoms with E-state index in [1.807, 2.05) is 0 Å². The van der Waals surface area contributed by atoms with E-state index in [0.29, 0.717) is 24.3 Å². The van der Waals surface area contributed by atoms with Gasteiger partial charge in [-0.2, -0.15) is 0 Å². The lowest BCUT2D eigenvalue weighted by atomic mass is 9.99. The number of amides is 1. The van der Waals surface area contributed by atoms with Gasteiger partial charge in [0.05, 0.1) is 7.11 Å². The van der Waals surface area contributed by atoms with E-state index in [2.05, 4.69) is 0 Å². The second-order valence-corrected chi connectivity index (χ2v) is 3.70. The predicted molar refractivity (Wildman–Crippen MR) is 55.1 cm³/mol. The van der Waals surface area contributed by atoms with Gasteiger partial charge in [-0.3, -0.25) is 0 Å². The average Bonchev–Trinajstić information content (AvgIpc) is 2.26. The first-order valence-corrected chi connectivity index (χ1v) is 4.95. The van der Waals surface area contributed by atoms with E-state index < -0.39 is 11.9 Å². The summed E-state index contributed by atoms with van der Waals surface area (Å²) in [6.45, 7) is 0.642. The van der Waals surface area contributed by atoms with Gasteiger partial charge in [0.1, 0.15) is 11.6 Å². The summed E-state index contributed by atoms with van der Waals surface area (Å²) in [6, 6.07) is 2.70. The van der Waals surface area contributed by atoms with Crippen LogP contribution in [0.4, 0.5) is 9.18 Å². The van der Waals surface area contributed by atoms with Gasteiger partial charge >= 0.3 is 6.09 Å². The summed E-state index contributed by atoms with van der Waals surface area (Å²) in [7, 11) is 1.48. The standard InChI is InChI=1S/C11H12FNO3/c1-16-10-5-8(12)4-7-6-13(11(14)15)3-2-9(7)10/h4-5H,2-3,6H2,1H3,(H,14,15). The Hall–Kier alpha value is -1.78. The highest BCUT2D eigenvalue weighted by molar-refractivity contribution is 5.66. The van der Waals surface area contributed by atoms with Crippen molar-refractivity contribution >= 4 is 6.09 Å². The fourth-order valence-electron chi connectivity index (χ4n) is 1.97. The minimum Gasteiger partial charge on any atom is -0.496 e. The summed E-state index contributed by atoms with van der Waals surface area (Å²) in [5, 5.41) is 8.86. The molecule has 1 N–H and O–H groups in total. The lowest BCUT2D eigenvalue weighted by Crippen LogP contribution is -2.35. The number of carboxylic acid groups (broad SMARTS) is 1. The summed E-state index contributed by atoms with van der Waals surface area (Å²) in [5.41, 5.74) is 1.59. The van der Waals surface area contributed by atoms with Gasteiger partial charge in [-0.15, -0.1) is 0 Å². The van der Waals surface area contributed by atoms with E-state index in [4.69, 9.17) is 9.84 Å². The molecule has 16 heavy (non-hydrogen) atoms. The van der Waals surface area contributed by atoms with Gasteiger partial charge in [0.2, 0.25) is 0 Å². The molecule has 1 amide bonds.